The van der Waals surface area contributed by atoms with E-state index in [9.17, 15) is 13.2 Å². The first-order valence-electron chi connectivity index (χ1n) is 6.40. The summed E-state index contributed by atoms with van der Waals surface area (Å²) >= 11 is 5.73. The minimum atomic E-state index is -3.75. The van der Waals surface area contributed by atoms with Crippen LogP contribution < -0.4 is 0 Å². The standard InChI is InChI=1S/C13H18ClNO5S/c1-15(7-3-2-4-8-16)21(19,20)10-5-6-12(14)11(9-10)13(17)18/h5-6,9,16H,2-4,7-8H2,1H3,(H,17,18). The van der Waals surface area contributed by atoms with Gasteiger partial charge in [0.1, 0.15) is 0 Å². The highest BCUT2D eigenvalue weighted by molar-refractivity contribution is 7.89. The first-order chi connectivity index (χ1) is 9.80. The normalized spacial score (nSPS) is 11.8. The van der Waals surface area contributed by atoms with Crippen molar-refractivity contribution >= 4 is 27.6 Å². The van der Waals surface area contributed by atoms with Crippen LogP contribution in [0.5, 0.6) is 0 Å². The van der Waals surface area contributed by atoms with Crippen LogP contribution >= 0.6 is 11.6 Å². The minimum Gasteiger partial charge on any atom is -0.478 e. The number of carboxylic acid groups (broad SMARTS) is 1. The van der Waals surface area contributed by atoms with E-state index in [0.29, 0.717) is 19.4 Å². The molecule has 0 aliphatic heterocycles. The maximum absolute atomic E-state index is 12.3. The summed E-state index contributed by atoms with van der Waals surface area (Å²) < 4.78 is 25.8. The summed E-state index contributed by atoms with van der Waals surface area (Å²) in [7, 11) is -2.32. The third kappa shape index (κ3) is 4.67. The fourth-order valence-corrected chi connectivity index (χ4v) is 3.19. The van der Waals surface area contributed by atoms with E-state index in [1.54, 1.807) is 0 Å². The zero-order valence-electron chi connectivity index (χ0n) is 11.6. The van der Waals surface area contributed by atoms with Crippen LogP contribution in [0.4, 0.5) is 0 Å². The van der Waals surface area contributed by atoms with Crippen molar-refractivity contribution in [1.29, 1.82) is 0 Å². The highest BCUT2D eigenvalue weighted by Crippen LogP contribution is 2.22. The Morgan fingerprint density at radius 3 is 2.52 bits per heavy atom. The van der Waals surface area contributed by atoms with Gasteiger partial charge in [0.05, 0.1) is 15.5 Å². The molecule has 0 aliphatic rings. The molecule has 0 aromatic heterocycles. The molecule has 0 radical (unpaired) electrons. The Labute approximate surface area is 129 Å². The van der Waals surface area contributed by atoms with Gasteiger partial charge in [-0.3, -0.25) is 0 Å². The van der Waals surface area contributed by atoms with Crippen LogP contribution in [0.3, 0.4) is 0 Å². The van der Waals surface area contributed by atoms with Crippen molar-refractivity contribution in [3.8, 4) is 0 Å². The molecular weight excluding hydrogens is 318 g/mol. The predicted molar refractivity (Wildman–Crippen MR) is 79.2 cm³/mol. The lowest BCUT2D eigenvalue weighted by atomic mass is 10.2. The van der Waals surface area contributed by atoms with Gasteiger partial charge in [-0.2, -0.15) is 0 Å². The molecule has 6 nitrogen and oxygen atoms in total. The number of nitrogens with zero attached hydrogens (tertiary/aromatic N) is 1. The van der Waals surface area contributed by atoms with E-state index in [1.165, 1.54) is 23.5 Å². The lowest BCUT2D eigenvalue weighted by Gasteiger charge is -2.17. The SMILES string of the molecule is CN(CCCCCO)S(=O)(=O)c1ccc(Cl)c(C(=O)O)c1. The lowest BCUT2D eigenvalue weighted by molar-refractivity contribution is 0.0697. The van der Waals surface area contributed by atoms with Crippen molar-refractivity contribution in [2.24, 2.45) is 0 Å². The van der Waals surface area contributed by atoms with Crippen molar-refractivity contribution in [2.45, 2.75) is 24.2 Å². The third-order valence-corrected chi connectivity index (χ3v) is 5.19. The zero-order valence-corrected chi connectivity index (χ0v) is 13.2. The predicted octanol–water partition coefficient (Wildman–Crippen LogP) is 1.82. The van der Waals surface area contributed by atoms with Gasteiger partial charge in [-0.1, -0.05) is 11.6 Å². The number of carboxylic acids is 1. The largest absolute Gasteiger partial charge is 0.478 e. The summed E-state index contributed by atoms with van der Waals surface area (Å²) in [5.41, 5.74) is -0.244. The van der Waals surface area contributed by atoms with Gasteiger partial charge in [-0.15, -0.1) is 0 Å². The number of carbonyl (C=O) groups is 1. The number of aromatic carboxylic acids is 1. The summed E-state index contributed by atoms with van der Waals surface area (Å²) in [4.78, 5) is 10.9. The molecular formula is C13H18ClNO5S. The van der Waals surface area contributed by atoms with E-state index in [1.807, 2.05) is 0 Å². The number of unbranched alkanes of at least 4 members (excludes halogenated alkanes) is 2. The molecule has 0 atom stereocenters. The highest BCUT2D eigenvalue weighted by atomic mass is 35.5. The molecule has 0 aliphatic carbocycles. The second-order valence-corrected chi connectivity index (χ2v) is 7.01. The van der Waals surface area contributed by atoms with E-state index in [0.717, 1.165) is 12.5 Å². The number of benzene rings is 1. The summed E-state index contributed by atoms with van der Waals surface area (Å²) in [6.45, 7) is 0.378. The molecule has 0 spiro atoms. The number of aliphatic hydroxyl groups is 1. The molecule has 1 rings (SSSR count). The number of hydrogen-bond donors (Lipinski definition) is 2. The van der Waals surface area contributed by atoms with Crippen molar-refractivity contribution in [3.05, 3.63) is 28.8 Å². The fourth-order valence-electron chi connectivity index (χ4n) is 1.75. The Balaban J connectivity index is 2.92. The van der Waals surface area contributed by atoms with Crippen LogP contribution in [0.2, 0.25) is 5.02 Å². The molecule has 1 aromatic carbocycles. The van der Waals surface area contributed by atoms with Crippen LogP contribution in [-0.2, 0) is 10.0 Å². The number of sulfonamides is 1. The number of hydrogen-bond acceptors (Lipinski definition) is 4. The maximum atomic E-state index is 12.3. The Morgan fingerprint density at radius 1 is 1.29 bits per heavy atom. The molecule has 0 saturated heterocycles. The van der Waals surface area contributed by atoms with Crippen LogP contribution in [0.1, 0.15) is 29.6 Å². The maximum Gasteiger partial charge on any atom is 0.337 e. The third-order valence-electron chi connectivity index (χ3n) is 3.01. The highest BCUT2D eigenvalue weighted by Gasteiger charge is 2.22. The molecule has 0 unspecified atom stereocenters. The summed E-state index contributed by atoms with van der Waals surface area (Å²) in [5, 5.41) is 17.6. The second kappa shape index (κ2) is 7.74. The van der Waals surface area contributed by atoms with Gasteiger partial charge in [0.25, 0.3) is 0 Å². The first kappa shape index (κ1) is 17.9. The van der Waals surface area contributed by atoms with Crippen LogP contribution in [0, 0.1) is 0 Å². The van der Waals surface area contributed by atoms with Gasteiger partial charge in [0, 0.05) is 20.2 Å². The Kier molecular flexibility index (Phi) is 6.60. The average Bonchev–Trinajstić information content (AvgIpc) is 2.43. The van der Waals surface area contributed by atoms with Gasteiger partial charge >= 0.3 is 5.97 Å². The van der Waals surface area contributed by atoms with E-state index >= 15 is 0 Å². The monoisotopic (exact) mass is 335 g/mol. The van der Waals surface area contributed by atoms with Crippen LogP contribution in [0.25, 0.3) is 0 Å². The molecule has 0 bridgehead atoms. The van der Waals surface area contributed by atoms with Gasteiger partial charge in [0.15, 0.2) is 0 Å². The smallest absolute Gasteiger partial charge is 0.337 e. The molecule has 21 heavy (non-hydrogen) atoms. The molecule has 2 N–H and O–H groups in total. The van der Waals surface area contributed by atoms with Crippen molar-refractivity contribution in [2.75, 3.05) is 20.2 Å². The number of rotatable bonds is 8. The average molecular weight is 336 g/mol. The van der Waals surface area contributed by atoms with Crippen molar-refractivity contribution < 1.29 is 23.4 Å². The number of aliphatic hydroxyl groups excluding tert-OH is 1. The van der Waals surface area contributed by atoms with Crippen LogP contribution in [-0.4, -0.2) is 49.1 Å². The molecule has 0 fully saturated rings. The summed E-state index contributed by atoms with van der Waals surface area (Å²) in [5.74, 6) is -1.28. The van der Waals surface area contributed by atoms with Crippen molar-refractivity contribution in [1.82, 2.24) is 4.31 Å². The van der Waals surface area contributed by atoms with Gasteiger partial charge in [-0.05, 0) is 37.5 Å². The van der Waals surface area contributed by atoms with Gasteiger partial charge in [-0.25, -0.2) is 17.5 Å². The molecule has 118 valence electrons. The van der Waals surface area contributed by atoms with E-state index in [-0.39, 0.29) is 22.1 Å². The minimum absolute atomic E-state index is 0.00736. The van der Waals surface area contributed by atoms with E-state index in [4.69, 9.17) is 21.8 Å². The lowest BCUT2D eigenvalue weighted by Crippen LogP contribution is -2.28. The Hall–Kier alpha value is -1.15. The van der Waals surface area contributed by atoms with Crippen molar-refractivity contribution in [3.63, 3.8) is 0 Å². The molecule has 0 heterocycles. The topological polar surface area (TPSA) is 94.9 Å². The number of halogens is 1. The van der Waals surface area contributed by atoms with E-state index < -0.39 is 16.0 Å². The first-order valence-corrected chi connectivity index (χ1v) is 8.22. The van der Waals surface area contributed by atoms with Gasteiger partial charge in [0.2, 0.25) is 10.0 Å². The quantitative estimate of drug-likeness (QED) is 0.707. The van der Waals surface area contributed by atoms with E-state index in [2.05, 4.69) is 0 Å². The van der Waals surface area contributed by atoms with Gasteiger partial charge < -0.3 is 10.2 Å². The molecule has 0 amide bonds. The summed E-state index contributed by atoms with van der Waals surface area (Å²) in [6, 6.07) is 3.61. The summed E-state index contributed by atoms with van der Waals surface area (Å²) in [6.07, 6.45) is 1.96. The second-order valence-electron chi connectivity index (χ2n) is 4.56. The Morgan fingerprint density at radius 2 is 1.95 bits per heavy atom. The molecule has 1 aromatic rings. The fraction of sp³-hybridized carbons (Fsp3) is 0.462. The molecule has 0 saturated carbocycles. The zero-order chi connectivity index (χ0) is 16.0. The molecule has 8 heteroatoms. The Bertz CT molecular complexity index is 603. The van der Waals surface area contributed by atoms with Crippen LogP contribution in [0.15, 0.2) is 23.1 Å².